The average molecular weight is 299 g/mol. The number of nitrogens with one attached hydrogen (secondary N) is 1. The normalized spacial score (nSPS) is 18.9. The van der Waals surface area contributed by atoms with Gasteiger partial charge in [0.05, 0.1) is 10.6 Å². The van der Waals surface area contributed by atoms with Crippen LogP contribution in [0, 0.1) is 5.82 Å². The van der Waals surface area contributed by atoms with Gasteiger partial charge < -0.3 is 10.2 Å². The molecule has 1 aromatic carbocycles. The largest absolute Gasteiger partial charge is 0.334 e. The highest BCUT2D eigenvalue weighted by molar-refractivity contribution is 6.31. The van der Waals surface area contributed by atoms with Crippen molar-refractivity contribution in [3.63, 3.8) is 0 Å². The molecule has 1 atom stereocenters. The number of carbonyl (C=O) groups is 1. The summed E-state index contributed by atoms with van der Waals surface area (Å²) < 4.78 is 14.0. The molecule has 1 aliphatic rings. The van der Waals surface area contributed by atoms with Gasteiger partial charge >= 0.3 is 0 Å². The first kappa shape index (κ1) is 15.3. The highest BCUT2D eigenvalue weighted by Gasteiger charge is 2.27. The monoisotopic (exact) mass is 298 g/mol. The van der Waals surface area contributed by atoms with Crippen molar-refractivity contribution in [1.82, 2.24) is 10.2 Å². The molecular formula is C15H20ClFN2O. The van der Waals surface area contributed by atoms with E-state index in [4.69, 9.17) is 11.6 Å². The number of amides is 1. The van der Waals surface area contributed by atoms with Gasteiger partial charge in [0, 0.05) is 19.1 Å². The lowest BCUT2D eigenvalue weighted by atomic mass is 10.0. The summed E-state index contributed by atoms with van der Waals surface area (Å²) >= 11 is 5.77. The fourth-order valence-corrected chi connectivity index (χ4v) is 2.79. The molecule has 1 amide bonds. The molecule has 0 saturated carbocycles. The van der Waals surface area contributed by atoms with Gasteiger partial charge in [-0.1, -0.05) is 24.6 Å². The number of rotatable bonds is 4. The maximum Gasteiger partial charge on any atom is 0.257 e. The first-order valence-electron chi connectivity index (χ1n) is 7.10. The Morgan fingerprint density at radius 2 is 2.35 bits per heavy atom. The predicted octanol–water partition coefficient (Wildman–Crippen LogP) is 3.08. The minimum absolute atomic E-state index is 0.00549. The SMILES string of the molecule is CCCN(C(=O)c1cccc(Cl)c1F)C1CCCNC1. The summed E-state index contributed by atoms with van der Waals surface area (Å²) in [6.45, 7) is 4.41. The van der Waals surface area contributed by atoms with Gasteiger partial charge in [-0.05, 0) is 37.9 Å². The van der Waals surface area contributed by atoms with Crippen LogP contribution in [0.1, 0.15) is 36.5 Å². The van der Waals surface area contributed by atoms with Gasteiger partial charge in [0.25, 0.3) is 5.91 Å². The Morgan fingerprint density at radius 3 is 3.00 bits per heavy atom. The highest BCUT2D eigenvalue weighted by atomic mass is 35.5. The molecule has 5 heteroatoms. The van der Waals surface area contributed by atoms with E-state index in [9.17, 15) is 9.18 Å². The molecule has 20 heavy (non-hydrogen) atoms. The van der Waals surface area contributed by atoms with Crippen LogP contribution < -0.4 is 5.32 Å². The lowest BCUT2D eigenvalue weighted by Gasteiger charge is -2.34. The predicted molar refractivity (Wildman–Crippen MR) is 78.6 cm³/mol. The van der Waals surface area contributed by atoms with Crippen molar-refractivity contribution in [1.29, 1.82) is 0 Å². The number of hydrogen-bond acceptors (Lipinski definition) is 2. The van der Waals surface area contributed by atoms with Crippen molar-refractivity contribution >= 4 is 17.5 Å². The maximum atomic E-state index is 14.0. The molecule has 1 fully saturated rings. The molecule has 1 unspecified atom stereocenters. The molecule has 1 N–H and O–H groups in total. The molecule has 110 valence electrons. The first-order valence-corrected chi connectivity index (χ1v) is 7.48. The Hall–Kier alpha value is -1.13. The molecule has 0 spiro atoms. The van der Waals surface area contributed by atoms with Crippen LogP contribution in [-0.2, 0) is 0 Å². The fourth-order valence-electron chi connectivity index (χ4n) is 2.61. The standard InChI is InChI=1S/C15H20ClFN2O/c1-2-9-19(11-5-4-8-18-10-11)15(20)12-6-3-7-13(16)14(12)17/h3,6-7,11,18H,2,4-5,8-10H2,1H3. The Labute approximate surface area is 124 Å². The van der Waals surface area contributed by atoms with Crippen molar-refractivity contribution in [3.05, 3.63) is 34.6 Å². The summed E-state index contributed by atoms with van der Waals surface area (Å²) in [6, 6.07) is 4.71. The van der Waals surface area contributed by atoms with E-state index in [0.717, 1.165) is 32.4 Å². The van der Waals surface area contributed by atoms with Crippen LogP contribution in [-0.4, -0.2) is 36.5 Å². The Kier molecular flexibility index (Phi) is 5.38. The van der Waals surface area contributed by atoms with E-state index in [1.165, 1.54) is 12.1 Å². The lowest BCUT2D eigenvalue weighted by Crippen LogP contribution is -2.49. The summed E-state index contributed by atoms with van der Waals surface area (Å²) in [5, 5.41) is 3.29. The minimum Gasteiger partial charge on any atom is -0.334 e. The molecule has 3 nitrogen and oxygen atoms in total. The minimum atomic E-state index is -0.621. The van der Waals surface area contributed by atoms with Gasteiger partial charge in [0.2, 0.25) is 0 Å². The third-order valence-electron chi connectivity index (χ3n) is 3.62. The second-order valence-electron chi connectivity index (χ2n) is 5.10. The van der Waals surface area contributed by atoms with Crippen molar-refractivity contribution in [2.75, 3.05) is 19.6 Å². The summed E-state index contributed by atoms with van der Waals surface area (Å²) in [5.74, 6) is -0.885. The number of hydrogen-bond donors (Lipinski definition) is 1. The van der Waals surface area contributed by atoms with E-state index in [2.05, 4.69) is 5.32 Å². The zero-order chi connectivity index (χ0) is 14.5. The number of halogens is 2. The van der Waals surface area contributed by atoms with Gasteiger partial charge in [-0.15, -0.1) is 0 Å². The van der Waals surface area contributed by atoms with Crippen LogP contribution >= 0.6 is 11.6 Å². The fraction of sp³-hybridized carbons (Fsp3) is 0.533. The molecule has 2 rings (SSSR count). The maximum absolute atomic E-state index is 14.0. The van der Waals surface area contributed by atoms with Crippen LogP contribution in [0.25, 0.3) is 0 Å². The zero-order valence-electron chi connectivity index (χ0n) is 11.7. The number of benzene rings is 1. The van der Waals surface area contributed by atoms with E-state index in [-0.39, 0.29) is 22.5 Å². The zero-order valence-corrected chi connectivity index (χ0v) is 12.4. The third kappa shape index (κ3) is 3.30. The first-order chi connectivity index (χ1) is 9.65. The van der Waals surface area contributed by atoms with Gasteiger partial charge in [-0.3, -0.25) is 4.79 Å². The molecule has 1 aliphatic heterocycles. The van der Waals surface area contributed by atoms with Crippen LogP contribution in [0.3, 0.4) is 0 Å². The second kappa shape index (κ2) is 7.04. The Morgan fingerprint density at radius 1 is 1.55 bits per heavy atom. The van der Waals surface area contributed by atoms with E-state index in [1.54, 1.807) is 11.0 Å². The highest BCUT2D eigenvalue weighted by Crippen LogP contribution is 2.21. The third-order valence-corrected chi connectivity index (χ3v) is 3.91. The molecule has 0 radical (unpaired) electrons. The molecule has 0 aliphatic carbocycles. The quantitative estimate of drug-likeness (QED) is 0.926. The van der Waals surface area contributed by atoms with Crippen LogP contribution in [0.4, 0.5) is 4.39 Å². The van der Waals surface area contributed by atoms with Crippen LogP contribution in [0.5, 0.6) is 0 Å². The van der Waals surface area contributed by atoms with Crippen molar-refractivity contribution < 1.29 is 9.18 Å². The van der Waals surface area contributed by atoms with Gasteiger partial charge in [-0.25, -0.2) is 4.39 Å². The van der Waals surface area contributed by atoms with Crippen molar-refractivity contribution in [2.24, 2.45) is 0 Å². The molecule has 1 heterocycles. The van der Waals surface area contributed by atoms with E-state index in [0.29, 0.717) is 6.54 Å². The smallest absolute Gasteiger partial charge is 0.257 e. The summed E-state index contributed by atoms with van der Waals surface area (Å²) in [7, 11) is 0. The van der Waals surface area contributed by atoms with Crippen molar-refractivity contribution in [2.45, 2.75) is 32.2 Å². The summed E-state index contributed by atoms with van der Waals surface area (Å²) in [6.07, 6.45) is 2.85. The second-order valence-corrected chi connectivity index (χ2v) is 5.51. The van der Waals surface area contributed by atoms with Crippen LogP contribution in [0.2, 0.25) is 5.02 Å². The molecule has 1 saturated heterocycles. The summed E-state index contributed by atoms with van der Waals surface area (Å²) in [5.41, 5.74) is 0.0662. The molecular weight excluding hydrogens is 279 g/mol. The average Bonchev–Trinajstić information content (AvgIpc) is 2.48. The van der Waals surface area contributed by atoms with Gasteiger partial charge in [-0.2, -0.15) is 0 Å². The number of carbonyl (C=O) groups excluding carboxylic acids is 1. The lowest BCUT2D eigenvalue weighted by molar-refractivity contribution is 0.0644. The van der Waals surface area contributed by atoms with Gasteiger partial charge in [0.15, 0.2) is 5.82 Å². The van der Waals surface area contributed by atoms with Crippen LogP contribution in [0.15, 0.2) is 18.2 Å². The number of nitrogens with zero attached hydrogens (tertiary/aromatic N) is 1. The van der Waals surface area contributed by atoms with E-state index >= 15 is 0 Å². The molecule has 0 aromatic heterocycles. The van der Waals surface area contributed by atoms with Crippen molar-refractivity contribution in [3.8, 4) is 0 Å². The Balaban J connectivity index is 2.23. The molecule has 1 aromatic rings. The Bertz CT molecular complexity index is 475. The van der Waals surface area contributed by atoms with E-state index in [1.807, 2.05) is 6.92 Å². The number of piperidine rings is 1. The summed E-state index contributed by atoms with van der Waals surface area (Å²) in [4.78, 5) is 14.4. The van der Waals surface area contributed by atoms with E-state index < -0.39 is 5.82 Å². The van der Waals surface area contributed by atoms with Gasteiger partial charge in [0.1, 0.15) is 0 Å². The molecule has 0 bridgehead atoms. The topological polar surface area (TPSA) is 32.3 Å².